The minimum Gasteiger partial charge on any atom is -0.494 e. The van der Waals surface area contributed by atoms with Gasteiger partial charge in [-0.05, 0) is 31.0 Å². The fourth-order valence-electron chi connectivity index (χ4n) is 1.81. The van der Waals surface area contributed by atoms with Crippen molar-refractivity contribution in [2.24, 2.45) is 0 Å². The third-order valence-corrected chi connectivity index (χ3v) is 2.81. The lowest BCUT2D eigenvalue weighted by Gasteiger charge is -2.01. The molecule has 0 fully saturated rings. The van der Waals surface area contributed by atoms with Crippen LogP contribution >= 0.6 is 0 Å². The van der Waals surface area contributed by atoms with Gasteiger partial charge in [0.15, 0.2) is 12.0 Å². The minimum absolute atomic E-state index is 0.501. The molecular formula is C12H13NO2. The molecule has 1 aromatic heterocycles. The number of ether oxygens (including phenoxy) is 1. The molecule has 0 atom stereocenters. The van der Waals surface area contributed by atoms with Crippen LogP contribution in [0, 0.1) is 13.8 Å². The number of rotatable bonds is 2. The highest BCUT2D eigenvalue weighted by Gasteiger charge is 2.13. The maximum absolute atomic E-state index is 10.8. The number of fused-ring (bicyclic) bond motifs is 1. The number of aromatic nitrogens is 1. The Bertz CT molecular complexity index is 526. The molecule has 15 heavy (non-hydrogen) atoms. The zero-order valence-corrected chi connectivity index (χ0v) is 9.05. The van der Waals surface area contributed by atoms with Gasteiger partial charge in [-0.25, -0.2) is 0 Å². The van der Waals surface area contributed by atoms with E-state index in [1.54, 1.807) is 7.11 Å². The van der Waals surface area contributed by atoms with Crippen molar-refractivity contribution in [3.63, 3.8) is 0 Å². The lowest BCUT2D eigenvalue weighted by Crippen LogP contribution is -1.86. The molecule has 0 amide bonds. The summed E-state index contributed by atoms with van der Waals surface area (Å²) in [4.78, 5) is 13.9. The molecule has 0 aliphatic carbocycles. The van der Waals surface area contributed by atoms with Gasteiger partial charge in [-0.2, -0.15) is 0 Å². The van der Waals surface area contributed by atoms with E-state index in [4.69, 9.17) is 4.74 Å². The molecule has 0 unspecified atom stereocenters. The first kappa shape index (κ1) is 9.77. The van der Waals surface area contributed by atoms with Crippen LogP contribution in [0.2, 0.25) is 0 Å². The number of carbonyl (C=O) groups excluding carboxylic acids is 1. The van der Waals surface area contributed by atoms with Gasteiger partial charge in [0.25, 0.3) is 0 Å². The number of aromatic amines is 1. The van der Waals surface area contributed by atoms with E-state index < -0.39 is 0 Å². The second kappa shape index (κ2) is 3.42. The van der Waals surface area contributed by atoms with Gasteiger partial charge in [-0.1, -0.05) is 6.07 Å². The summed E-state index contributed by atoms with van der Waals surface area (Å²) in [5, 5.41) is 0.961. The normalized spacial score (nSPS) is 10.6. The first-order chi connectivity index (χ1) is 7.19. The van der Waals surface area contributed by atoms with Crippen molar-refractivity contribution in [3.05, 3.63) is 29.0 Å². The monoisotopic (exact) mass is 203 g/mol. The fraction of sp³-hybridized carbons (Fsp3) is 0.250. The predicted octanol–water partition coefficient (Wildman–Crippen LogP) is 2.61. The molecule has 2 aromatic rings. The third-order valence-electron chi connectivity index (χ3n) is 2.81. The molecule has 78 valence electrons. The Hall–Kier alpha value is -1.77. The molecule has 1 heterocycles. The van der Waals surface area contributed by atoms with E-state index in [1.165, 1.54) is 5.56 Å². The summed E-state index contributed by atoms with van der Waals surface area (Å²) >= 11 is 0. The van der Waals surface area contributed by atoms with Crippen molar-refractivity contribution in [1.82, 2.24) is 4.98 Å². The van der Waals surface area contributed by atoms with E-state index >= 15 is 0 Å². The number of carbonyl (C=O) groups is 1. The van der Waals surface area contributed by atoms with Crippen LogP contribution in [-0.2, 0) is 0 Å². The second-order valence-corrected chi connectivity index (χ2v) is 3.62. The zero-order valence-electron chi connectivity index (χ0n) is 9.05. The zero-order chi connectivity index (χ0) is 11.0. The van der Waals surface area contributed by atoms with Gasteiger partial charge in [0, 0.05) is 5.39 Å². The topological polar surface area (TPSA) is 42.1 Å². The Balaban J connectivity index is 2.87. The Morgan fingerprint density at radius 1 is 1.33 bits per heavy atom. The molecule has 1 aromatic carbocycles. The predicted molar refractivity (Wildman–Crippen MR) is 59.7 cm³/mol. The van der Waals surface area contributed by atoms with Crippen molar-refractivity contribution in [3.8, 4) is 5.75 Å². The molecular weight excluding hydrogens is 190 g/mol. The molecule has 0 saturated heterocycles. The molecule has 3 nitrogen and oxygen atoms in total. The maximum atomic E-state index is 10.8. The molecule has 0 radical (unpaired) electrons. The Labute approximate surface area is 88.1 Å². The summed E-state index contributed by atoms with van der Waals surface area (Å²) in [6, 6.07) is 4.00. The molecule has 0 saturated carbocycles. The van der Waals surface area contributed by atoms with Gasteiger partial charge < -0.3 is 9.72 Å². The molecule has 2 rings (SSSR count). The van der Waals surface area contributed by atoms with Crippen LogP contribution in [0.3, 0.4) is 0 Å². The average Bonchev–Trinajstić information content (AvgIpc) is 2.61. The van der Waals surface area contributed by atoms with Crippen LogP contribution in [0.4, 0.5) is 0 Å². The van der Waals surface area contributed by atoms with Crippen LogP contribution in [0.25, 0.3) is 10.9 Å². The van der Waals surface area contributed by atoms with E-state index in [2.05, 4.69) is 4.98 Å². The molecule has 0 aliphatic heterocycles. The van der Waals surface area contributed by atoms with E-state index in [1.807, 2.05) is 26.0 Å². The summed E-state index contributed by atoms with van der Waals surface area (Å²) in [5.74, 6) is 0.628. The number of aldehydes is 1. The number of benzene rings is 1. The van der Waals surface area contributed by atoms with Crippen LogP contribution in [-0.4, -0.2) is 18.4 Å². The van der Waals surface area contributed by atoms with Crippen LogP contribution in [0.15, 0.2) is 12.1 Å². The van der Waals surface area contributed by atoms with E-state index in [9.17, 15) is 4.79 Å². The number of H-pyrrole nitrogens is 1. The van der Waals surface area contributed by atoms with Crippen LogP contribution in [0.5, 0.6) is 5.75 Å². The van der Waals surface area contributed by atoms with E-state index in [0.29, 0.717) is 11.4 Å². The second-order valence-electron chi connectivity index (χ2n) is 3.62. The Morgan fingerprint density at radius 2 is 2.07 bits per heavy atom. The van der Waals surface area contributed by atoms with Crippen molar-refractivity contribution < 1.29 is 9.53 Å². The molecule has 1 N–H and O–H groups in total. The van der Waals surface area contributed by atoms with E-state index in [-0.39, 0.29) is 0 Å². The van der Waals surface area contributed by atoms with Gasteiger partial charge in [0.2, 0.25) is 0 Å². The smallest absolute Gasteiger partial charge is 0.170 e. The number of hydrogen-bond acceptors (Lipinski definition) is 2. The fourth-order valence-corrected chi connectivity index (χ4v) is 1.81. The van der Waals surface area contributed by atoms with Crippen molar-refractivity contribution in [2.45, 2.75) is 13.8 Å². The Morgan fingerprint density at radius 3 is 2.67 bits per heavy atom. The first-order valence-electron chi connectivity index (χ1n) is 4.80. The summed E-state index contributed by atoms with van der Waals surface area (Å²) in [7, 11) is 1.57. The summed E-state index contributed by atoms with van der Waals surface area (Å²) in [5.41, 5.74) is 3.83. The summed E-state index contributed by atoms with van der Waals surface area (Å²) in [6.07, 6.45) is 0.785. The highest BCUT2D eigenvalue weighted by molar-refractivity contribution is 5.97. The number of nitrogens with one attached hydrogen (secondary N) is 1. The molecule has 0 aliphatic rings. The average molecular weight is 203 g/mol. The van der Waals surface area contributed by atoms with Gasteiger partial charge >= 0.3 is 0 Å². The quantitative estimate of drug-likeness (QED) is 0.762. The standard InChI is InChI=1S/C12H13NO2/c1-7-4-5-9-11(8(7)2)13-10(6-14)12(9)15-3/h4-6,13H,1-3H3. The molecule has 0 bridgehead atoms. The van der Waals surface area contributed by atoms with Gasteiger partial charge in [-0.3, -0.25) is 4.79 Å². The van der Waals surface area contributed by atoms with Gasteiger partial charge in [-0.15, -0.1) is 0 Å². The highest BCUT2D eigenvalue weighted by Crippen LogP contribution is 2.31. The van der Waals surface area contributed by atoms with Crippen molar-refractivity contribution >= 4 is 17.2 Å². The molecule has 3 heteroatoms. The lowest BCUT2D eigenvalue weighted by molar-refractivity contribution is 0.111. The van der Waals surface area contributed by atoms with Crippen LogP contribution in [0.1, 0.15) is 21.6 Å². The first-order valence-corrected chi connectivity index (χ1v) is 4.80. The third kappa shape index (κ3) is 1.31. The lowest BCUT2D eigenvalue weighted by atomic mass is 10.1. The minimum atomic E-state index is 0.501. The van der Waals surface area contributed by atoms with Crippen molar-refractivity contribution in [2.75, 3.05) is 7.11 Å². The molecule has 0 spiro atoms. The van der Waals surface area contributed by atoms with Gasteiger partial charge in [0.05, 0.1) is 12.6 Å². The maximum Gasteiger partial charge on any atom is 0.170 e. The van der Waals surface area contributed by atoms with E-state index in [0.717, 1.165) is 22.8 Å². The summed E-state index contributed by atoms with van der Waals surface area (Å²) < 4.78 is 5.22. The number of methoxy groups -OCH3 is 1. The van der Waals surface area contributed by atoms with Crippen LogP contribution < -0.4 is 4.74 Å². The highest BCUT2D eigenvalue weighted by atomic mass is 16.5. The number of aryl methyl sites for hydroxylation is 2. The van der Waals surface area contributed by atoms with Gasteiger partial charge in [0.1, 0.15) is 5.69 Å². The SMILES string of the molecule is COc1c(C=O)[nH]c2c(C)c(C)ccc12. The largest absolute Gasteiger partial charge is 0.494 e. The summed E-state index contributed by atoms with van der Waals surface area (Å²) in [6.45, 7) is 4.07. The van der Waals surface area contributed by atoms with Crippen molar-refractivity contribution in [1.29, 1.82) is 0 Å². The Kier molecular flexibility index (Phi) is 2.23. The number of hydrogen-bond donors (Lipinski definition) is 1.